The van der Waals surface area contributed by atoms with Gasteiger partial charge in [0.15, 0.2) is 5.82 Å². The Morgan fingerprint density at radius 1 is 1.20 bits per heavy atom. The van der Waals surface area contributed by atoms with Crippen LogP contribution in [-0.2, 0) is 17.4 Å². The van der Waals surface area contributed by atoms with E-state index >= 15 is 0 Å². The van der Waals surface area contributed by atoms with Crippen molar-refractivity contribution in [2.24, 2.45) is 5.10 Å². The lowest BCUT2D eigenvalue weighted by Gasteiger charge is -2.17. The molecule has 1 aromatic heterocycles. The summed E-state index contributed by atoms with van der Waals surface area (Å²) < 4.78 is 42.0. The van der Waals surface area contributed by atoms with Crippen molar-refractivity contribution in [2.45, 2.75) is 19.5 Å². The summed E-state index contributed by atoms with van der Waals surface area (Å²) in [7, 11) is 0. The molecule has 1 heterocycles. The highest BCUT2D eigenvalue weighted by atomic mass is 35.5. The normalized spacial score (nSPS) is 11.8. The lowest BCUT2D eigenvalue weighted by Crippen LogP contribution is -2.22. The van der Waals surface area contributed by atoms with Gasteiger partial charge in [0.25, 0.3) is 0 Å². The maximum absolute atomic E-state index is 12.6. The lowest BCUT2D eigenvalue weighted by atomic mass is 10.1. The Labute approximate surface area is 178 Å². The van der Waals surface area contributed by atoms with Gasteiger partial charge >= 0.3 is 12.1 Å². The molecule has 0 radical (unpaired) electrons. The molecular weight excluding hydrogens is 444 g/mol. The summed E-state index contributed by atoms with van der Waals surface area (Å²) in [5, 5.41) is 8.78. The highest BCUT2D eigenvalue weighted by Gasteiger charge is 2.38. The van der Waals surface area contributed by atoms with Crippen LogP contribution in [0.3, 0.4) is 0 Å². The van der Waals surface area contributed by atoms with Gasteiger partial charge in [-0.1, -0.05) is 58.7 Å². The first-order valence-electron chi connectivity index (χ1n) is 8.42. The van der Waals surface area contributed by atoms with Gasteiger partial charge in [0.1, 0.15) is 0 Å². The van der Waals surface area contributed by atoms with Crippen molar-refractivity contribution in [3.63, 3.8) is 0 Å². The molecule has 0 bridgehead atoms. The van der Waals surface area contributed by atoms with Gasteiger partial charge in [0, 0.05) is 23.4 Å². The van der Waals surface area contributed by atoms with Crippen molar-refractivity contribution in [1.29, 1.82) is 0 Å². The second-order valence-electron chi connectivity index (χ2n) is 6.06. The van der Waals surface area contributed by atoms with Gasteiger partial charge in [-0.15, -0.1) is 0 Å². The van der Waals surface area contributed by atoms with Gasteiger partial charge < -0.3 is 4.52 Å². The molecule has 0 saturated carbocycles. The Kier molecular flexibility index (Phi) is 6.42. The van der Waals surface area contributed by atoms with E-state index in [1.54, 1.807) is 0 Å². The molecule has 0 aliphatic carbocycles. The Morgan fingerprint density at radius 2 is 1.83 bits per heavy atom. The van der Waals surface area contributed by atoms with Gasteiger partial charge in [-0.2, -0.15) is 23.3 Å². The Balaban J connectivity index is 1.87. The quantitative estimate of drug-likeness (QED) is 0.382. The molecule has 0 fully saturated rings. The van der Waals surface area contributed by atoms with Crippen LogP contribution >= 0.6 is 23.2 Å². The molecule has 3 rings (SSSR count). The van der Waals surface area contributed by atoms with Crippen LogP contribution < -0.4 is 5.01 Å². The van der Waals surface area contributed by atoms with E-state index in [2.05, 4.69) is 19.8 Å². The number of benzene rings is 2. The minimum Gasteiger partial charge on any atom is -0.329 e. The van der Waals surface area contributed by atoms with Crippen LogP contribution in [0.1, 0.15) is 29.8 Å². The van der Waals surface area contributed by atoms with Crippen molar-refractivity contribution >= 4 is 41.0 Å². The molecule has 2 aromatic carbocycles. The summed E-state index contributed by atoms with van der Waals surface area (Å²) >= 11 is 12.5. The van der Waals surface area contributed by atoms with Gasteiger partial charge in [-0.25, -0.2) is 5.01 Å². The fourth-order valence-electron chi connectivity index (χ4n) is 2.47. The van der Waals surface area contributed by atoms with Crippen LogP contribution in [0.4, 0.5) is 18.9 Å². The van der Waals surface area contributed by atoms with E-state index in [0.29, 0.717) is 0 Å². The summed E-state index contributed by atoms with van der Waals surface area (Å²) in [5.41, 5.74) is 1.35. The van der Waals surface area contributed by atoms with E-state index in [9.17, 15) is 18.0 Å². The third-order valence-corrected chi connectivity index (χ3v) is 4.51. The van der Waals surface area contributed by atoms with E-state index in [1.165, 1.54) is 25.3 Å². The molecule has 1 amide bonds. The van der Waals surface area contributed by atoms with Crippen molar-refractivity contribution in [1.82, 2.24) is 10.1 Å². The Morgan fingerprint density at radius 3 is 2.37 bits per heavy atom. The Hall–Kier alpha value is -2.91. The number of hydrogen-bond acceptors (Lipinski definition) is 5. The lowest BCUT2D eigenvalue weighted by molar-refractivity contribution is -0.159. The molecular formula is C19H13Cl2F3N4O2. The zero-order valence-corrected chi connectivity index (χ0v) is 16.8. The molecule has 0 unspecified atom stereocenters. The molecule has 30 heavy (non-hydrogen) atoms. The number of nitrogens with zero attached hydrogens (tertiary/aromatic N) is 4. The van der Waals surface area contributed by atoms with E-state index in [-0.39, 0.29) is 33.5 Å². The smallest absolute Gasteiger partial charge is 0.329 e. The number of carbonyl (C=O) groups excluding carboxylic acids is 1. The molecule has 156 valence electrons. The summed E-state index contributed by atoms with van der Waals surface area (Å²) in [6.45, 7) is 1.32. The largest absolute Gasteiger partial charge is 0.471 e. The van der Waals surface area contributed by atoms with E-state index < -0.39 is 18.0 Å². The summed E-state index contributed by atoms with van der Waals surface area (Å²) in [5.74, 6) is -2.08. The topological polar surface area (TPSA) is 71.6 Å². The zero-order chi connectivity index (χ0) is 21.9. The van der Waals surface area contributed by atoms with Gasteiger partial charge in [0.05, 0.1) is 11.9 Å². The predicted octanol–water partition coefficient (Wildman–Crippen LogP) is 5.37. The monoisotopic (exact) mass is 456 g/mol. The van der Waals surface area contributed by atoms with Crippen LogP contribution in [0.5, 0.6) is 0 Å². The van der Waals surface area contributed by atoms with Crippen LogP contribution in [-0.4, -0.2) is 22.3 Å². The van der Waals surface area contributed by atoms with Gasteiger partial charge in [0.2, 0.25) is 5.91 Å². The number of halogens is 5. The maximum atomic E-state index is 12.6. The average molecular weight is 457 g/mol. The first-order chi connectivity index (χ1) is 14.1. The number of rotatable bonds is 5. The van der Waals surface area contributed by atoms with Crippen LogP contribution in [0.15, 0.2) is 52.1 Å². The minimum atomic E-state index is -4.75. The molecule has 0 aliphatic heterocycles. The number of anilines is 1. The number of aromatic nitrogens is 2. The summed E-state index contributed by atoms with van der Waals surface area (Å²) in [4.78, 5) is 15.3. The molecule has 0 atom stereocenters. The van der Waals surface area contributed by atoms with Crippen LogP contribution in [0.2, 0.25) is 10.0 Å². The predicted molar refractivity (Wildman–Crippen MR) is 106 cm³/mol. The molecule has 6 nitrogen and oxygen atoms in total. The zero-order valence-electron chi connectivity index (χ0n) is 15.3. The molecule has 0 N–H and O–H groups in total. The average Bonchev–Trinajstić information content (AvgIpc) is 3.15. The second-order valence-corrected chi connectivity index (χ2v) is 6.88. The highest BCUT2D eigenvalue weighted by Crippen LogP contribution is 2.33. The van der Waals surface area contributed by atoms with E-state index in [4.69, 9.17) is 23.2 Å². The summed E-state index contributed by atoms with van der Waals surface area (Å²) in [6, 6.07) is 12.0. The van der Waals surface area contributed by atoms with Crippen LogP contribution in [0.25, 0.3) is 0 Å². The van der Waals surface area contributed by atoms with E-state index in [0.717, 1.165) is 10.6 Å². The Bertz CT molecular complexity index is 1060. The number of carbonyl (C=O) groups is 1. The van der Waals surface area contributed by atoms with Crippen molar-refractivity contribution in [2.75, 3.05) is 5.01 Å². The SMILES string of the molecule is CC(=O)N(N=Cc1ccccc1)c1cc(Cl)c(Cc2noc(C(F)(F)F)n2)c(Cl)c1. The number of hydrazone groups is 1. The van der Waals surface area contributed by atoms with Crippen LogP contribution in [0, 0.1) is 0 Å². The number of amides is 1. The van der Waals surface area contributed by atoms with Gasteiger partial charge in [-0.3, -0.25) is 4.79 Å². The number of hydrogen-bond donors (Lipinski definition) is 0. The fourth-order valence-corrected chi connectivity index (χ4v) is 3.08. The first kappa shape index (κ1) is 21.8. The first-order valence-corrected chi connectivity index (χ1v) is 9.18. The summed E-state index contributed by atoms with van der Waals surface area (Å²) in [6.07, 6.45) is -3.44. The molecule has 11 heteroatoms. The molecule has 0 spiro atoms. The standard InChI is InChI=1S/C19H13Cl2F3N4O2/c1-11(29)28(25-10-12-5-3-2-4-6-12)13-7-15(20)14(16(21)8-13)9-17-26-18(30-27-17)19(22,23)24/h2-8,10H,9H2,1H3. The minimum absolute atomic E-state index is 0.108. The molecule has 0 saturated heterocycles. The van der Waals surface area contributed by atoms with Crippen molar-refractivity contribution in [3.05, 3.63) is 75.4 Å². The molecule has 3 aromatic rings. The number of alkyl halides is 3. The fraction of sp³-hybridized carbons (Fsp3) is 0.158. The molecule has 0 aliphatic rings. The van der Waals surface area contributed by atoms with Crippen molar-refractivity contribution in [3.8, 4) is 0 Å². The highest BCUT2D eigenvalue weighted by molar-refractivity contribution is 6.36. The maximum Gasteiger partial charge on any atom is 0.471 e. The third-order valence-electron chi connectivity index (χ3n) is 3.84. The van der Waals surface area contributed by atoms with E-state index in [1.807, 2.05) is 30.3 Å². The van der Waals surface area contributed by atoms with Gasteiger partial charge in [-0.05, 0) is 23.3 Å². The van der Waals surface area contributed by atoms with Crippen molar-refractivity contribution < 1.29 is 22.5 Å². The second kappa shape index (κ2) is 8.85. The third kappa shape index (κ3) is 5.17.